The van der Waals surface area contributed by atoms with Crippen molar-refractivity contribution < 1.29 is 18.8 Å². The van der Waals surface area contributed by atoms with Gasteiger partial charge in [0.15, 0.2) is 0 Å². The minimum absolute atomic E-state index is 0.0413. The van der Waals surface area contributed by atoms with Crippen molar-refractivity contribution in [3.05, 3.63) is 35.6 Å². The molecule has 1 atom stereocenters. The standard InChI is InChI=1S/C20H26FN3O3/c1-13(2)17(14-5-7-15(21)8-6-14)22-16(25)9-12-24-18(26)20(23-19(24)27)10-3-4-11-20/h5-8,13,17H,3-4,9-12H2,1-2H3,(H,22,25)(H,23,27)/t17-/m0/s1. The lowest BCUT2D eigenvalue weighted by Crippen LogP contribution is -2.44. The normalized spacial score (nSPS) is 19.6. The Hall–Kier alpha value is -2.44. The lowest BCUT2D eigenvalue weighted by molar-refractivity contribution is -0.131. The summed E-state index contributed by atoms with van der Waals surface area (Å²) in [7, 11) is 0. The molecule has 1 heterocycles. The van der Waals surface area contributed by atoms with Crippen molar-refractivity contribution >= 4 is 17.8 Å². The van der Waals surface area contributed by atoms with Crippen molar-refractivity contribution in [3.63, 3.8) is 0 Å². The molecule has 1 aliphatic heterocycles. The third kappa shape index (κ3) is 3.96. The average molecular weight is 375 g/mol. The van der Waals surface area contributed by atoms with Crippen LogP contribution in [0.5, 0.6) is 0 Å². The van der Waals surface area contributed by atoms with Crippen LogP contribution < -0.4 is 10.6 Å². The van der Waals surface area contributed by atoms with Crippen LogP contribution in [0.2, 0.25) is 0 Å². The number of rotatable bonds is 6. The fourth-order valence-electron chi connectivity index (χ4n) is 3.96. The van der Waals surface area contributed by atoms with E-state index in [-0.39, 0.29) is 42.6 Å². The molecule has 0 unspecified atom stereocenters. The molecule has 1 saturated heterocycles. The number of hydrogen-bond donors (Lipinski definition) is 2. The topological polar surface area (TPSA) is 78.5 Å². The van der Waals surface area contributed by atoms with Gasteiger partial charge < -0.3 is 10.6 Å². The molecule has 6 nitrogen and oxygen atoms in total. The summed E-state index contributed by atoms with van der Waals surface area (Å²) in [5.41, 5.74) is 0.0712. The Morgan fingerprint density at radius 1 is 1.22 bits per heavy atom. The summed E-state index contributed by atoms with van der Waals surface area (Å²) >= 11 is 0. The van der Waals surface area contributed by atoms with Gasteiger partial charge in [-0.1, -0.05) is 38.8 Å². The second-order valence-corrected chi connectivity index (χ2v) is 7.77. The molecule has 1 saturated carbocycles. The van der Waals surface area contributed by atoms with Gasteiger partial charge in [0.1, 0.15) is 11.4 Å². The number of halogens is 1. The summed E-state index contributed by atoms with van der Waals surface area (Å²) < 4.78 is 13.1. The Morgan fingerprint density at radius 3 is 2.44 bits per heavy atom. The van der Waals surface area contributed by atoms with Gasteiger partial charge in [-0.25, -0.2) is 9.18 Å². The minimum Gasteiger partial charge on any atom is -0.349 e. The van der Waals surface area contributed by atoms with Gasteiger partial charge in [-0.2, -0.15) is 0 Å². The molecule has 0 aromatic heterocycles. The van der Waals surface area contributed by atoms with E-state index in [0.717, 1.165) is 23.3 Å². The first kappa shape index (κ1) is 19.3. The monoisotopic (exact) mass is 375 g/mol. The predicted octanol–water partition coefficient (Wildman–Crippen LogP) is 2.89. The van der Waals surface area contributed by atoms with Crippen LogP contribution in [-0.4, -0.2) is 34.8 Å². The fourth-order valence-corrected chi connectivity index (χ4v) is 3.96. The summed E-state index contributed by atoms with van der Waals surface area (Å²) in [4.78, 5) is 38.4. The molecule has 2 aliphatic rings. The number of carbonyl (C=O) groups is 3. The molecule has 1 aromatic rings. The number of imide groups is 1. The third-order valence-electron chi connectivity index (χ3n) is 5.48. The van der Waals surface area contributed by atoms with Crippen molar-refractivity contribution in [2.45, 2.75) is 57.5 Å². The predicted molar refractivity (Wildman–Crippen MR) is 98.2 cm³/mol. The van der Waals surface area contributed by atoms with Gasteiger partial charge in [-0.3, -0.25) is 14.5 Å². The van der Waals surface area contributed by atoms with E-state index >= 15 is 0 Å². The highest BCUT2D eigenvalue weighted by molar-refractivity contribution is 6.07. The van der Waals surface area contributed by atoms with Gasteiger partial charge in [0.05, 0.1) is 6.04 Å². The van der Waals surface area contributed by atoms with E-state index in [1.54, 1.807) is 12.1 Å². The number of nitrogens with one attached hydrogen (secondary N) is 2. The zero-order valence-electron chi connectivity index (χ0n) is 15.8. The van der Waals surface area contributed by atoms with Gasteiger partial charge in [0.2, 0.25) is 5.91 Å². The van der Waals surface area contributed by atoms with Gasteiger partial charge in [0, 0.05) is 13.0 Å². The van der Waals surface area contributed by atoms with Crippen LogP contribution in [0.15, 0.2) is 24.3 Å². The molecular formula is C20H26FN3O3. The quantitative estimate of drug-likeness (QED) is 0.751. The minimum atomic E-state index is -0.748. The molecule has 1 aliphatic carbocycles. The maximum atomic E-state index is 13.1. The van der Waals surface area contributed by atoms with E-state index in [4.69, 9.17) is 0 Å². The smallest absolute Gasteiger partial charge is 0.325 e. The van der Waals surface area contributed by atoms with Gasteiger partial charge in [-0.15, -0.1) is 0 Å². The zero-order chi connectivity index (χ0) is 19.6. The molecule has 2 N–H and O–H groups in total. The fraction of sp³-hybridized carbons (Fsp3) is 0.550. The van der Waals surface area contributed by atoms with Gasteiger partial charge in [-0.05, 0) is 36.5 Å². The molecule has 1 spiro atoms. The number of amides is 4. The number of urea groups is 1. The summed E-state index contributed by atoms with van der Waals surface area (Å²) in [6.45, 7) is 4.00. The largest absolute Gasteiger partial charge is 0.349 e. The Morgan fingerprint density at radius 2 is 1.85 bits per heavy atom. The third-order valence-corrected chi connectivity index (χ3v) is 5.48. The molecule has 7 heteroatoms. The maximum Gasteiger partial charge on any atom is 0.325 e. The first-order chi connectivity index (χ1) is 12.8. The summed E-state index contributed by atoms with van der Waals surface area (Å²) in [5.74, 6) is -0.674. The van der Waals surface area contributed by atoms with Crippen LogP contribution in [0.3, 0.4) is 0 Å². The highest BCUT2D eigenvalue weighted by Gasteiger charge is 2.52. The molecular weight excluding hydrogens is 349 g/mol. The highest BCUT2D eigenvalue weighted by atomic mass is 19.1. The first-order valence-electron chi connectivity index (χ1n) is 9.51. The van der Waals surface area contributed by atoms with E-state index in [0.29, 0.717) is 12.8 Å². The van der Waals surface area contributed by atoms with E-state index in [2.05, 4.69) is 10.6 Å². The van der Waals surface area contributed by atoms with Crippen molar-refractivity contribution in [1.82, 2.24) is 15.5 Å². The van der Waals surface area contributed by atoms with Crippen LogP contribution in [0, 0.1) is 11.7 Å². The first-order valence-corrected chi connectivity index (χ1v) is 9.51. The number of carbonyl (C=O) groups excluding carboxylic acids is 3. The van der Waals surface area contributed by atoms with Crippen LogP contribution in [0.4, 0.5) is 9.18 Å². The Kier molecular flexibility index (Phi) is 5.48. The lowest BCUT2D eigenvalue weighted by Gasteiger charge is -2.24. The number of benzene rings is 1. The van der Waals surface area contributed by atoms with Crippen molar-refractivity contribution in [1.29, 1.82) is 0 Å². The highest BCUT2D eigenvalue weighted by Crippen LogP contribution is 2.35. The van der Waals surface area contributed by atoms with Crippen LogP contribution >= 0.6 is 0 Å². The SMILES string of the molecule is CC(C)[C@H](NC(=O)CCN1C(=O)NC2(CCCC2)C1=O)c1ccc(F)cc1. The van der Waals surface area contributed by atoms with E-state index in [1.807, 2.05) is 13.8 Å². The van der Waals surface area contributed by atoms with E-state index in [1.165, 1.54) is 12.1 Å². The number of hydrogen-bond acceptors (Lipinski definition) is 3. The van der Waals surface area contributed by atoms with E-state index in [9.17, 15) is 18.8 Å². The van der Waals surface area contributed by atoms with Crippen LogP contribution in [0.25, 0.3) is 0 Å². The summed E-state index contributed by atoms with van der Waals surface area (Å²) in [6.07, 6.45) is 3.22. The molecule has 0 bridgehead atoms. The molecule has 146 valence electrons. The Bertz CT molecular complexity index is 726. The molecule has 2 fully saturated rings. The van der Waals surface area contributed by atoms with Crippen LogP contribution in [-0.2, 0) is 9.59 Å². The lowest BCUT2D eigenvalue weighted by atomic mass is 9.96. The molecule has 3 rings (SSSR count). The van der Waals surface area contributed by atoms with Gasteiger partial charge >= 0.3 is 6.03 Å². The Labute approximate surface area is 158 Å². The average Bonchev–Trinajstić information content (AvgIpc) is 3.18. The molecule has 27 heavy (non-hydrogen) atoms. The number of nitrogens with zero attached hydrogens (tertiary/aromatic N) is 1. The molecule has 0 radical (unpaired) electrons. The van der Waals surface area contributed by atoms with Crippen molar-refractivity contribution in [2.24, 2.45) is 5.92 Å². The van der Waals surface area contributed by atoms with Crippen LogP contribution in [0.1, 0.15) is 57.6 Å². The maximum absolute atomic E-state index is 13.1. The molecule has 4 amide bonds. The second kappa shape index (κ2) is 7.66. The zero-order valence-corrected chi connectivity index (χ0v) is 15.8. The summed E-state index contributed by atoms with van der Waals surface area (Å²) in [6, 6.07) is 5.37. The van der Waals surface area contributed by atoms with Crippen molar-refractivity contribution in [3.8, 4) is 0 Å². The second-order valence-electron chi connectivity index (χ2n) is 7.77. The molecule has 1 aromatic carbocycles. The van der Waals surface area contributed by atoms with E-state index < -0.39 is 11.6 Å². The van der Waals surface area contributed by atoms with Gasteiger partial charge in [0.25, 0.3) is 5.91 Å². The van der Waals surface area contributed by atoms with Crippen molar-refractivity contribution in [2.75, 3.05) is 6.54 Å². The Balaban J connectivity index is 1.59. The summed E-state index contributed by atoms with van der Waals surface area (Å²) in [5, 5.41) is 5.75.